The fourth-order valence-electron chi connectivity index (χ4n) is 5.79. The van der Waals surface area contributed by atoms with E-state index < -0.39 is 0 Å². The molecule has 0 fully saturated rings. The van der Waals surface area contributed by atoms with Gasteiger partial charge in [0.15, 0.2) is 0 Å². The molecule has 0 atom stereocenters. The van der Waals surface area contributed by atoms with Crippen LogP contribution < -0.4 is 4.74 Å². The Labute approximate surface area is 202 Å². The molecule has 0 amide bonds. The molecule has 0 unspecified atom stereocenters. The van der Waals surface area contributed by atoms with E-state index in [0.29, 0.717) is 0 Å². The maximum Gasteiger partial charge on any atom is 0.143 e. The van der Waals surface area contributed by atoms with Gasteiger partial charge in [0.05, 0.1) is 0 Å². The maximum atomic E-state index is 6.63. The van der Waals surface area contributed by atoms with Crippen molar-refractivity contribution >= 4 is 43.1 Å². The van der Waals surface area contributed by atoms with Gasteiger partial charge in [-0.25, -0.2) is 0 Å². The summed E-state index contributed by atoms with van der Waals surface area (Å²) in [7, 11) is 0. The summed E-state index contributed by atoms with van der Waals surface area (Å²) in [6, 6.07) is 43.6. The normalized spacial score (nSPS) is 12.2. The van der Waals surface area contributed by atoms with Gasteiger partial charge in [0.2, 0.25) is 0 Å². The predicted molar refractivity (Wildman–Crippen MR) is 147 cm³/mol. The van der Waals surface area contributed by atoms with Crippen LogP contribution in [0.25, 0.3) is 65.3 Å². The van der Waals surface area contributed by atoms with Gasteiger partial charge in [-0.3, -0.25) is 0 Å². The zero-order valence-electron chi connectivity index (χ0n) is 19.0. The Hall–Kier alpha value is -4.62. The SMILES string of the molecule is c1ccc2c(c1)Oc1c(-c3cccc4c3ccc3cc5ccccc5cc34)ccc3cccc-2c13. The fraction of sp³-hybridized carbons (Fsp3) is 0. The Morgan fingerprint density at radius 3 is 2.03 bits per heavy atom. The molecule has 7 aromatic rings. The molecule has 0 saturated heterocycles. The molecule has 0 N–H and O–H groups in total. The van der Waals surface area contributed by atoms with Gasteiger partial charge in [-0.05, 0) is 73.1 Å². The second-order valence-corrected chi connectivity index (χ2v) is 9.33. The summed E-state index contributed by atoms with van der Waals surface area (Å²) >= 11 is 0. The third kappa shape index (κ3) is 2.64. The first-order chi connectivity index (χ1) is 17.3. The van der Waals surface area contributed by atoms with Crippen molar-refractivity contribution < 1.29 is 4.74 Å². The van der Waals surface area contributed by atoms with Crippen molar-refractivity contribution in [3.8, 4) is 33.8 Å². The molecule has 1 aliphatic heterocycles. The van der Waals surface area contributed by atoms with E-state index in [1.54, 1.807) is 0 Å². The number of hydrogen-bond acceptors (Lipinski definition) is 1. The van der Waals surface area contributed by atoms with E-state index in [-0.39, 0.29) is 0 Å². The van der Waals surface area contributed by atoms with E-state index in [1.165, 1.54) is 54.2 Å². The number of fused-ring (bicyclic) bond motifs is 6. The van der Waals surface area contributed by atoms with Gasteiger partial charge in [0.25, 0.3) is 0 Å². The van der Waals surface area contributed by atoms with Crippen molar-refractivity contribution in [3.05, 3.63) is 121 Å². The Kier molecular flexibility index (Phi) is 3.72. The molecule has 0 spiro atoms. The van der Waals surface area contributed by atoms with Crippen LogP contribution in [0.15, 0.2) is 121 Å². The van der Waals surface area contributed by atoms with Crippen LogP contribution in [0.2, 0.25) is 0 Å². The van der Waals surface area contributed by atoms with Crippen molar-refractivity contribution in [2.45, 2.75) is 0 Å². The van der Waals surface area contributed by atoms with Gasteiger partial charge in [0, 0.05) is 16.5 Å². The van der Waals surface area contributed by atoms with Crippen LogP contribution in [-0.4, -0.2) is 0 Å². The van der Waals surface area contributed by atoms with Gasteiger partial charge in [-0.1, -0.05) is 97.1 Å². The third-order valence-electron chi connectivity index (χ3n) is 7.42. The molecule has 162 valence electrons. The maximum absolute atomic E-state index is 6.63. The highest BCUT2D eigenvalue weighted by molar-refractivity contribution is 6.17. The fourth-order valence-corrected chi connectivity index (χ4v) is 5.79. The zero-order valence-corrected chi connectivity index (χ0v) is 19.0. The average Bonchev–Trinajstić information content (AvgIpc) is 2.92. The molecule has 1 aliphatic rings. The van der Waals surface area contributed by atoms with Gasteiger partial charge in [-0.2, -0.15) is 0 Å². The molecule has 0 aliphatic carbocycles. The van der Waals surface area contributed by atoms with Gasteiger partial charge in [0.1, 0.15) is 11.5 Å². The predicted octanol–water partition coefficient (Wildman–Crippen LogP) is 9.74. The zero-order chi connectivity index (χ0) is 22.9. The second-order valence-electron chi connectivity index (χ2n) is 9.33. The number of ether oxygens (including phenoxy) is 1. The number of para-hydroxylation sites is 1. The molecule has 35 heavy (non-hydrogen) atoms. The first kappa shape index (κ1) is 18.8. The van der Waals surface area contributed by atoms with E-state index in [2.05, 4.69) is 115 Å². The van der Waals surface area contributed by atoms with Crippen molar-refractivity contribution in [2.75, 3.05) is 0 Å². The lowest BCUT2D eigenvalue weighted by Gasteiger charge is -2.24. The molecule has 7 aromatic carbocycles. The standard InChI is InChI=1S/C34H20O/c1-2-8-23-20-31-24(19-22(23)7-1)16-17-27-25(11-6-12-26(27)31)30-18-15-21-9-5-13-29-28-10-3-4-14-32(28)35-34(30)33(21)29/h1-20H. The Balaban J connectivity index is 1.45. The lowest BCUT2D eigenvalue weighted by Crippen LogP contribution is -1.99. The molecule has 0 bridgehead atoms. The summed E-state index contributed by atoms with van der Waals surface area (Å²) in [5.41, 5.74) is 4.71. The quantitative estimate of drug-likeness (QED) is 0.181. The first-order valence-corrected chi connectivity index (χ1v) is 12.0. The van der Waals surface area contributed by atoms with Gasteiger partial charge < -0.3 is 4.74 Å². The number of rotatable bonds is 1. The van der Waals surface area contributed by atoms with Crippen LogP contribution in [0.5, 0.6) is 11.5 Å². The first-order valence-electron chi connectivity index (χ1n) is 12.0. The molecule has 1 heteroatoms. The van der Waals surface area contributed by atoms with E-state index in [4.69, 9.17) is 4.74 Å². The van der Waals surface area contributed by atoms with Crippen LogP contribution >= 0.6 is 0 Å². The van der Waals surface area contributed by atoms with Crippen LogP contribution in [0.4, 0.5) is 0 Å². The van der Waals surface area contributed by atoms with Crippen molar-refractivity contribution in [1.29, 1.82) is 0 Å². The second kappa shape index (κ2) is 6.94. The largest absolute Gasteiger partial charge is 0.455 e. The van der Waals surface area contributed by atoms with E-state index >= 15 is 0 Å². The van der Waals surface area contributed by atoms with E-state index in [1.807, 2.05) is 6.07 Å². The van der Waals surface area contributed by atoms with Crippen molar-refractivity contribution in [1.82, 2.24) is 0 Å². The van der Waals surface area contributed by atoms with Crippen molar-refractivity contribution in [3.63, 3.8) is 0 Å². The minimum Gasteiger partial charge on any atom is -0.455 e. The Bertz CT molecular complexity index is 1980. The molecule has 0 aromatic heterocycles. The monoisotopic (exact) mass is 444 g/mol. The van der Waals surface area contributed by atoms with E-state index in [0.717, 1.165) is 22.6 Å². The van der Waals surface area contributed by atoms with Crippen LogP contribution in [0.1, 0.15) is 0 Å². The smallest absolute Gasteiger partial charge is 0.143 e. The highest BCUT2D eigenvalue weighted by Crippen LogP contribution is 2.51. The average molecular weight is 445 g/mol. The highest BCUT2D eigenvalue weighted by Gasteiger charge is 2.23. The Morgan fingerprint density at radius 1 is 0.371 bits per heavy atom. The number of benzene rings is 7. The van der Waals surface area contributed by atoms with Crippen molar-refractivity contribution in [2.24, 2.45) is 0 Å². The lowest BCUT2D eigenvalue weighted by molar-refractivity contribution is 0.489. The summed E-state index contributed by atoms with van der Waals surface area (Å²) in [6.45, 7) is 0. The molecule has 0 saturated carbocycles. The van der Waals surface area contributed by atoms with Crippen LogP contribution in [-0.2, 0) is 0 Å². The summed E-state index contributed by atoms with van der Waals surface area (Å²) < 4.78 is 6.63. The summed E-state index contributed by atoms with van der Waals surface area (Å²) in [6.07, 6.45) is 0. The molecule has 1 nitrogen and oxygen atoms in total. The summed E-state index contributed by atoms with van der Waals surface area (Å²) in [5.74, 6) is 1.86. The minimum atomic E-state index is 0.914. The molecule has 8 rings (SSSR count). The minimum absolute atomic E-state index is 0.914. The summed E-state index contributed by atoms with van der Waals surface area (Å²) in [5, 5.41) is 9.98. The number of hydrogen-bond donors (Lipinski definition) is 0. The lowest BCUT2D eigenvalue weighted by atomic mass is 9.89. The molecule has 1 heterocycles. The van der Waals surface area contributed by atoms with Crippen LogP contribution in [0, 0.1) is 0 Å². The van der Waals surface area contributed by atoms with Crippen LogP contribution in [0.3, 0.4) is 0 Å². The molecule has 0 radical (unpaired) electrons. The highest BCUT2D eigenvalue weighted by atomic mass is 16.5. The van der Waals surface area contributed by atoms with Gasteiger partial charge >= 0.3 is 0 Å². The van der Waals surface area contributed by atoms with Gasteiger partial charge in [-0.15, -0.1) is 0 Å². The Morgan fingerprint density at radius 2 is 1.09 bits per heavy atom. The topological polar surface area (TPSA) is 9.23 Å². The van der Waals surface area contributed by atoms with E-state index in [9.17, 15) is 0 Å². The molecular weight excluding hydrogens is 424 g/mol. The third-order valence-corrected chi connectivity index (χ3v) is 7.42. The molecular formula is C34H20O. The summed E-state index contributed by atoms with van der Waals surface area (Å²) in [4.78, 5) is 0.